The number of H-pyrrole nitrogens is 2. The molecule has 0 fully saturated rings. The van der Waals surface area contributed by atoms with Crippen LogP contribution in [0.15, 0.2) is 36.7 Å². The summed E-state index contributed by atoms with van der Waals surface area (Å²) in [5, 5.41) is 1.10. The molecule has 28 heavy (non-hydrogen) atoms. The molecule has 150 valence electrons. The van der Waals surface area contributed by atoms with Crippen molar-refractivity contribution in [1.29, 1.82) is 0 Å². The molecule has 7 heteroatoms. The normalized spacial score (nSPS) is 11.7. The number of hydrogen-bond acceptors (Lipinski definition) is 4. The summed E-state index contributed by atoms with van der Waals surface area (Å²) < 4.78 is 5.58. The minimum Gasteiger partial charge on any atom is -0.443 e. The van der Waals surface area contributed by atoms with Crippen molar-refractivity contribution < 1.29 is 9.53 Å². The van der Waals surface area contributed by atoms with Crippen LogP contribution in [0.3, 0.4) is 0 Å². The predicted octanol–water partition coefficient (Wildman–Crippen LogP) is 4.43. The highest BCUT2D eigenvalue weighted by molar-refractivity contribution is 5.95. The molecular formula is C21H29N5O2. The number of amides is 1. The lowest BCUT2D eigenvalue weighted by atomic mass is 10.1. The highest BCUT2D eigenvalue weighted by Crippen LogP contribution is 2.28. The summed E-state index contributed by atoms with van der Waals surface area (Å²) in [6.45, 7) is 6.75. The van der Waals surface area contributed by atoms with Crippen molar-refractivity contribution in [2.75, 3.05) is 18.0 Å². The summed E-state index contributed by atoms with van der Waals surface area (Å²) in [4.78, 5) is 25.3. The van der Waals surface area contributed by atoms with Gasteiger partial charge in [-0.25, -0.2) is 14.7 Å². The van der Waals surface area contributed by atoms with E-state index in [0.29, 0.717) is 19.0 Å². The number of anilines is 1. The maximum atomic E-state index is 12.7. The third-order valence-corrected chi connectivity index (χ3v) is 4.40. The van der Waals surface area contributed by atoms with E-state index in [9.17, 15) is 4.79 Å². The molecule has 1 amide bonds. The quantitative estimate of drug-likeness (QED) is 0.526. The van der Waals surface area contributed by atoms with Gasteiger partial charge in [0.2, 0.25) is 5.95 Å². The van der Waals surface area contributed by atoms with E-state index in [-0.39, 0.29) is 0 Å². The van der Waals surface area contributed by atoms with E-state index in [1.165, 1.54) is 0 Å². The van der Waals surface area contributed by atoms with Crippen LogP contribution in [0.1, 0.15) is 40.0 Å². The lowest BCUT2D eigenvalue weighted by molar-refractivity contribution is 0.0577. The van der Waals surface area contributed by atoms with Gasteiger partial charge >= 0.3 is 6.09 Å². The molecule has 0 bridgehead atoms. The second kappa shape index (κ2) is 8.48. The number of imidazole rings is 1. The van der Waals surface area contributed by atoms with Gasteiger partial charge in [0.25, 0.3) is 0 Å². The van der Waals surface area contributed by atoms with Gasteiger partial charge in [0.15, 0.2) is 0 Å². The summed E-state index contributed by atoms with van der Waals surface area (Å²) in [6.07, 6.45) is 6.01. The molecule has 1 aromatic carbocycles. The van der Waals surface area contributed by atoms with Gasteiger partial charge in [-0.1, -0.05) is 24.6 Å². The first kappa shape index (κ1) is 19.9. The zero-order valence-electron chi connectivity index (χ0n) is 16.8. The van der Waals surface area contributed by atoms with Gasteiger partial charge in [-0.3, -0.25) is 0 Å². The van der Waals surface area contributed by atoms with Crippen molar-refractivity contribution in [3.8, 4) is 11.3 Å². The molecule has 0 unspecified atom stereocenters. The molecule has 7 nitrogen and oxygen atoms in total. The number of para-hydroxylation sites is 1. The van der Waals surface area contributed by atoms with E-state index < -0.39 is 11.7 Å². The second-order valence-corrected chi connectivity index (χ2v) is 7.85. The van der Waals surface area contributed by atoms with E-state index in [1.807, 2.05) is 45.2 Å². The Morgan fingerprint density at radius 3 is 2.75 bits per heavy atom. The number of nitrogens with two attached hydrogens (primary N) is 1. The van der Waals surface area contributed by atoms with Gasteiger partial charge in [-0.2, -0.15) is 0 Å². The number of nitrogens with one attached hydrogen (secondary N) is 2. The number of carbonyl (C=O) groups excluding carboxylic acids is 1. The first-order valence-corrected chi connectivity index (χ1v) is 9.71. The number of fused-ring (bicyclic) bond motifs is 1. The molecule has 3 aromatic rings. The fourth-order valence-corrected chi connectivity index (χ4v) is 3.07. The summed E-state index contributed by atoms with van der Waals surface area (Å²) in [6, 6.07) is 8.08. The summed E-state index contributed by atoms with van der Waals surface area (Å²) >= 11 is 0. The van der Waals surface area contributed by atoms with Gasteiger partial charge < -0.3 is 20.4 Å². The average Bonchev–Trinajstić information content (AvgIpc) is 3.26. The van der Waals surface area contributed by atoms with Gasteiger partial charge in [0.05, 0.1) is 11.9 Å². The van der Waals surface area contributed by atoms with E-state index in [2.05, 4.69) is 21.0 Å². The summed E-state index contributed by atoms with van der Waals surface area (Å²) in [5.41, 5.74) is 7.93. The second-order valence-electron chi connectivity index (χ2n) is 7.85. The van der Waals surface area contributed by atoms with Crippen LogP contribution in [0.4, 0.5) is 10.7 Å². The molecule has 0 radical (unpaired) electrons. The molecule has 4 N–H and O–H groups in total. The van der Waals surface area contributed by atoms with Crippen molar-refractivity contribution in [2.24, 2.45) is 5.73 Å². The smallest absolute Gasteiger partial charge is 0.417 e. The standard InChI is InChI=1S/C21H29N5O2/c1-21(2,3)28-20(27)26(12-8-4-7-11-22)19-24-14-18(25-19)16-13-23-17-10-6-5-9-15(16)17/h5-6,9-10,13-14,23H,4,7-8,11-12,22H2,1-3H3,(H,24,25). The molecule has 0 spiro atoms. The fourth-order valence-electron chi connectivity index (χ4n) is 3.07. The lowest BCUT2D eigenvalue weighted by Gasteiger charge is -2.25. The Morgan fingerprint density at radius 2 is 2.00 bits per heavy atom. The average molecular weight is 383 g/mol. The lowest BCUT2D eigenvalue weighted by Crippen LogP contribution is -2.38. The number of aromatic amines is 2. The van der Waals surface area contributed by atoms with Crippen LogP contribution in [-0.4, -0.2) is 39.7 Å². The number of unbranched alkanes of at least 4 members (excludes halogenated alkanes) is 2. The minimum absolute atomic E-state index is 0.403. The Hall–Kier alpha value is -2.80. The molecule has 0 aliphatic carbocycles. The number of benzene rings is 1. The summed E-state index contributed by atoms with van der Waals surface area (Å²) in [7, 11) is 0. The number of ether oxygens (including phenoxy) is 1. The topological polar surface area (TPSA) is 100 Å². The number of nitrogens with zero attached hydrogens (tertiary/aromatic N) is 2. The van der Waals surface area contributed by atoms with E-state index in [0.717, 1.165) is 41.4 Å². The van der Waals surface area contributed by atoms with E-state index in [1.54, 1.807) is 11.1 Å². The molecule has 0 atom stereocenters. The first-order chi connectivity index (χ1) is 13.4. The van der Waals surface area contributed by atoms with Crippen LogP contribution >= 0.6 is 0 Å². The molecule has 0 aliphatic rings. The molecule has 0 aliphatic heterocycles. The number of hydrogen-bond donors (Lipinski definition) is 3. The van der Waals surface area contributed by atoms with Gasteiger partial charge in [0.1, 0.15) is 5.60 Å². The van der Waals surface area contributed by atoms with Crippen LogP contribution < -0.4 is 10.6 Å². The number of carbonyl (C=O) groups is 1. The number of rotatable bonds is 7. The van der Waals surface area contributed by atoms with Crippen molar-refractivity contribution >= 4 is 22.9 Å². The third kappa shape index (κ3) is 4.72. The van der Waals surface area contributed by atoms with Gasteiger partial charge in [-0.15, -0.1) is 0 Å². The zero-order chi connectivity index (χ0) is 20.1. The van der Waals surface area contributed by atoms with Gasteiger partial charge in [0, 0.05) is 29.2 Å². The predicted molar refractivity (Wildman–Crippen MR) is 112 cm³/mol. The molecule has 0 saturated carbocycles. The Labute approximate surface area is 165 Å². The molecule has 3 rings (SSSR count). The fraction of sp³-hybridized carbons (Fsp3) is 0.429. The highest BCUT2D eigenvalue weighted by atomic mass is 16.6. The Balaban J connectivity index is 1.84. The Kier molecular flexibility index (Phi) is 6.04. The van der Waals surface area contributed by atoms with Crippen LogP contribution in [0, 0.1) is 0 Å². The van der Waals surface area contributed by atoms with Crippen LogP contribution in [0.2, 0.25) is 0 Å². The van der Waals surface area contributed by atoms with Crippen LogP contribution in [-0.2, 0) is 4.74 Å². The van der Waals surface area contributed by atoms with Crippen molar-refractivity contribution in [1.82, 2.24) is 15.0 Å². The van der Waals surface area contributed by atoms with Crippen LogP contribution in [0.5, 0.6) is 0 Å². The highest BCUT2D eigenvalue weighted by Gasteiger charge is 2.25. The maximum absolute atomic E-state index is 12.7. The molecule has 0 saturated heterocycles. The van der Waals surface area contributed by atoms with Crippen LogP contribution in [0.25, 0.3) is 22.2 Å². The molecule has 2 aromatic heterocycles. The summed E-state index contributed by atoms with van der Waals surface area (Å²) in [5.74, 6) is 0.488. The Morgan fingerprint density at radius 1 is 1.21 bits per heavy atom. The third-order valence-electron chi connectivity index (χ3n) is 4.40. The Bertz CT molecular complexity index is 922. The monoisotopic (exact) mass is 383 g/mol. The minimum atomic E-state index is -0.571. The van der Waals surface area contributed by atoms with Crippen molar-refractivity contribution in [2.45, 2.75) is 45.6 Å². The number of aromatic nitrogens is 3. The zero-order valence-corrected chi connectivity index (χ0v) is 16.8. The van der Waals surface area contributed by atoms with Crippen molar-refractivity contribution in [3.63, 3.8) is 0 Å². The SMILES string of the molecule is CC(C)(C)OC(=O)N(CCCCCN)c1ncc(-c2c[nH]c3ccccc23)[nH]1. The molecule has 2 heterocycles. The largest absolute Gasteiger partial charge is 0.443 e. The van der Waals surface area contributed by atoms with Gasteiger partial charge in [-0.05, 0) is 46.2 Å². The van der Waals surface area contributed by atoms with E-state index in [4.69, 9.17) is 10.5 Å². The maximum Gasteiger partial charge on any atom is 0.417 e. The molecular weight excluding hydrogens is 354 g/mol. The first-order valence-electron chi connectivity index (χ1n) is 9.71. The van der Waals surface area contributed by atoms with Crippen molar-refractivity contribution in [3.05, 3.63) is 36.7 Å². The van der Waals surface area contributed by atoms with E-state index >= 15 is 0 Å².